The van der Waals surface area contributed by atoms with E-state index >= 15 is 0 Å². The summed E-state index contributed by atoms with van der Waals surface area (Å²) in [4.78, 5) is 39.9. The molecule has 2 unspecified atom stereocenters. The number of furan rings is 1. The number of hydrogen-bond donors (Lipinski definition) is 1. The van der Waals surface area contributed by atoms with Crippen LogP contribution >= 0.6 is 0 Å². The van der Waals surface area contributed by atoms with Gasteiger partial charge in [-0.2, -0.15) is 0 Å². The van der Waals surface area contributed by atoms with Gasteiger partial charge < -0.3 is 28.6 Å². The Hall–Kier alpha value is -3.17. The van der Waals surface area contributed by atoms with E-state index in [1.807, 2.05) is 0 Å². The number of carbonyl (C=O) groups excluding carboxylic acids is 3. The molecular formula is C21H23NO8. The van der Waals surface area contributed by atoms with Crippen LogP contribution < -0.4 is 9.47 Å². The maximum Gasteiger partial charge on any atom is 0.291 e. The number of ketones is 2. The molecule has 1 fully saturated rings. The molecule has 1 saturated heterocycles. The van der Waals surface area contributed by atoms with Crippen LogP contribution in [0.2, 0.25) is 0 Å². The Bertz CT molecular complexity index is 908. The normalized spacial score (nSPS) is 18.7. The summed E-state index contributed by atoms with van der Waals surface area (Å²) >= 11 is 0. The van der Waals surface area contributed by atoms with E-state index in [2.05, 4.69) is 0 Å². The second kappa shape index (κ2) is 9.55. The van der Waals surface area contributed by atoms with Crippen LogP contribution in [0, 0.1) is 5.92 Å². The van der Waals surface area contributed by atoms with E-state index < -0.39 is 29.4 Å². The van der Waals surface area contributed by atoms with E-state index in [1.54, 1.807) is 24.3 Å². The molecule has 0 aliphatic carbocycles. The first-order valence-electron chi connectivity index (χ1n) is 9.36. The number of methoxy groups -OCH3 is 2. The molecular weight excluding hydrogens is 394 g/mol. The minimum absolute atomic E-state index is 0.00464. The number of Topliss-reactive ketones (excluding diaryl/α,β-unsaturated/α-hetero) is 2. The number of benzene rings is 1. The minimum atomic E-state index is -1.26. The molecule has 30 heavy (non-hydrogen) atoms. The van der Waals surface area contributed by atoms with Crippen LogP contribution in [0.3, 0.4) is 0 Å². The lowest BCUT2D eigenvalue weighted by molar-refractivity contribution is -0.141. The summed E-state index contributed by atoms with van der Waals surface area (Å²) in [5, 5.41) is 8.87. The van der Waals surface area contributed by atoms with Gasteiger partial charge in [-0.05, 0) is 29.8 Å². The Morgan fingerprint density at radius 3 is 2.53 bits per heavy atom. The van der Waals surface area contributed by atoms with E-state index in [-0.39, 0.29) is 32.1 Å². The fraction of sp³-hybridized carbons (Fsp3) is 0.381. The molecule has 2 heterocycles. The number of aliphatic hydroxyl groups is 1. The average Bonchev–Trinajstić information content (AvgIpc) is 3.38. The zero-order chi connectivity index (χ0) is 21.7. The molecule has 1 aromatic carbocycles. The molecule has 0 spiro atoms. The SMILES string of the molecule is COc1ccc(C2C(C(=O)c3ccco3)C(=O)C(=O)N2CCOCCO)cc1OC. The third-order valence-electron chi connectivity index (χ3n) is 4.91. The van der Waals surface area contributed by atoms with Crippen molar-refractivity contribution < 1.29 is 38.1 Å². The van der Waals surface area contributed by atoms with Crippen LogP contribution in [0.15, 0.2) is 41.0 Å². The second-order valence-electron chi connectivity index (χ2n) is 6.58. The van der Waals surface area contributed by atoms with E-state index in [9.17, 15) is 14.4 Å². The highest BCUT2D eigenvalue weighted by molar-refractivity contribution is 6.43. The molecule has 9 heteroatoms. The smallest absolute Gasteiger partial charge is 0.291 e. The Balaban J connectivity index is 2.01. The van der Waals surface area contributed by atoms with Crippen molar-refractivity contribution in [2.45, 2.75) is 6.04 Å². The first kappa shape index (κ1) is 21.5. The molecule has 0 bridgehead atoms. The number of carbonyl (C=O) groups is 3. The third-order valence-corrected chi connectivity index (χ3v) is 4.91. The Morgan fingerprint density at radius 2 is 1.90 bits per heavy atom. The van der Waals surface area contributed by atoms with E-state index in [4.69, 9.17) is 23.7 Å². The van der Waals surface area contributed by atoms with Crippen molar-refractivity contribution in [1.82, 2.24) is 4.90 Å². The highest BCUT2D eigenvalue weighted by Crippen LogP contribution is 2.41. The van der Waals surface area contributed by atoms with Crippen molar-refractivity contribution in [3.8, 4) is 11.5 Å². The highest BCUT2D eigenvalue weighted by Gasteiger charge is 2.52. The van der Waals surface area contributed by atoms with Crippen molar-refractivity contribution >= 4 is 17.5 Å². The van der Waals surface area contributed by atoms with Crippen molar-refractivity contribution in [3.05, 3.63) is 47.9 Å². The van der Waals surface area contributed by atoms with Gasteiger partial charge in [0.2, 0.25) is 11.6 Å². The van der Waals surface area contributed by atoms with Crippen LogP contribution in [-0.4, -0.2) is 68.1 Å². The van der Waals surface area contributed by atoms with Gasteiger partial charge in [0.25, 0.3) is 5.91 Å². The largest absolute Gasteiger partial charge is 0.493 e. The number of likely N-dealkylation sites (tertiary alicyclic amines) is 1. The maximum atomic E-state index is 13.0. The van der Waals surface area contributed by atoms with Crippen LogP contribution in [0.1, 0.15) is 22.2 Å². The molecule has 2 aromatic rings. The fourth-order valence-electron chi connectivity index (χ4n) is 3.54. The quantitative estimate of drug-likeness (QED) is 0.266. The Morgan fingerprint density at radius 1 is 1.13 bits per heavy atom. The van der Waals surface area contributed by atoms with Crippen LogP contribution in [-0.2, 0) is 14.3 Å². The van der Waals surface area contributed by atoms with Gasteiger partial charge in [0.05, 0.1) is 46.3 Å². The van der Waals surface area contributed by atoms with Gasteiger partial charge in [0.1, 0.15) is 5.92 Å². The number of ether oxygens (including phenoxy) is 3. The average molecular weight is 417 g/mol. The summed E-state index contributed by atoms with van der Waals surface area (Å²) in [7, 11) is 2.97. The fourth-order valence-corrected chi connectivity index (χ4v) is 3.54. The van der Waals surface area contributed by atoms with Gasteiger partial charge in [0.15, 0.2) is 17.3 Å². The summed E-state index contributed by atoms with van der Waals surface area (Å²) in [6.45, 7) is 0.119. The van der Waals surface area contributed by atoms with E-state index in [0.717, 1.165) is 0 Å². The standard InChI is InChI=1S/C21H23NO8/c1-27-14-6-5-13(12-16(14)28-2)18-17(19(24)15-4-3-9-30-15)20(25)21(26)22(18)7-10-29-11-8-23/h3-6,9,12,17-18,23H,7-8,10-11H2,1-2H3. The lowest BCUT2D eigenvalue weighted by Gasteiger charge is -2.27. The van der Waals surface area contributed by atoms with Crippen molar-refractivity contribution in [2.75, 3.05) is 40.6 Å². The Labute approximate surface area is 173 Å². The predicted octanol–water partition coefficient (Wildman–Crippen LogP) is 1.26. The summed E-state index contributed by atoms with van der Waals surface area (Å²) in [6.07, 6.45) is 1.33. The second-order valence-corrected chi connectivity index (χ2v) is 6.58. The lowest BCUT2D eigenvalue weighted by atomic mass is 9.88. The summed E-state index contributed by atoms with van der Waals surface area (Å²) in [5.41, 5.74) is 0.541. The van der Waals surface area contributed by atoms with Crippen LogP contribution in [0.4, 0.5) is 0 Å². The van der Waals surface area contributed by atoms with Gasteiger partial charge in [-0.1, -0.05) is 6.07 Å². The zero-order valence-electron chi connectivity index (χ0n) is 16.7. The Kier molecular flexibility index (Phi) is 6.86. The number of rotatable bonds is 10. The first-order valence-corrected chi connectivity index (χ1v) is 9.36. The van der Waals surface area contributed by atoms with Gasteiger partial charge in [0, 0.05) is 6.54 Å². The molecule has 1 aliphatic heterocycles. The molecule has 1 N–H and O–H groups in total. The minimum Gasteiger partial charge on any atom is -0.493 e. The van der Waals surface area contributed by atoms with Crippen LogP contribution in [0.5, 0.6) is 11.5 Å². The number of hydrogen-bond acceptors (Lipinski definition) is 8. The van der Waals surface area contributed by atoms with Gasteiger partial charge in [-0.25, -0.2) is 0 Å². The summed E-state index contributed by atoms with van der Waals surface area (Å²) < 4.78 is 21.0. The first-order chi connectivity index (χ1) is 14.5. The predicted molar refractivity (Wildman–Crippen MR) is 103 cm³/mol. The molecule has 0 saturated carbocycles. The van der Waals surface area contributed by atoms with E-state index in [0.29, 0.717) is 17.1 Å². The highest BCUT2D eigenvalue weighted by atomic mass is 16.5. The molecule has 2 atom stereocenters. The zero-order valence-corrected chi connectivity index (χ0v) is 16.7. The topological polar surface area (TPSA) is 116 Å². The molecule has 1 aromatic heterocycles. The van der Waals surface area contributed by atoms with E-state index in [1.165, 1.54) is 31.4 Å². The third kappa shape index (κ3) is 4.07. The van der Waals surface area contributed by atoms with Crippen molar-refractivity contribution in [3.63, 3.8) is 0 Å². The van der Waals surface area contributed by atoms with Crippen molar-refractivity contribution in [2.24, 2.45) is 5.92 Å². The molecule has 160 valence electrons. The monoisotopic (exact) mass is 417 g/mol. The molecule has 3 rings (SSSR count). The number of nitrogens with zero attached hydrogens (tertiary/aromatic N) is 1. The number of amides is 1. The lowest BCUT2D eigenvalue weighted by Crippen LogP contribution is -2.33. The molecule has 0 radical (unpaired) electrons. The van der Waals surface area contributed by atoms with Crippen molar-refractivity contribution in [1.29, 1.82) is 0 Å². The van der Waals surface area contributed by atoms with Gasteiger partial charge in [-0.3, -0.25) is 14.4 Å². The maximum absolute atomic E-state index is 13.0. The summed E-state index contributed by atoms with van der Waals surface area (Å²) in [5.74, 6) is -2.53. The molecule has 1 amide bonds. The van der Waals surface area contributed by atoms with Gasteiger partial charge in [-0.15, -0.1) is 0 Å². The van der Waals surface area contributed by atoms with Crippen LogP contribution in [0.25, 0.3) is 0 Å². The van der Waals surface area contributed by atoms with Gasteiger partial charge >= 0.3 is 0 Å². The number of aliphatic hydroxyl groups excluding tert-OH is 1. The molecule has 9 nitrogen and oxygen atoms in total. The summed E-state index contributed by atoms with van der Waals surface area (Å²) in [6, 6.07) is 7.11. The molecule has 1 aliphatic rings.